The second-order valence-electron chi connectivity index (χ2n) is 8.01. The van der Waals surface area contributed by atoms with Gasteiger partial charge < -0.3 is 19.9 Å². The number of hydrogen-bond acceptors (Lipinski definition) is 4. The van der Waals surface area contributed by atoms with E-state index in [1.54, 1.807) is 24.2 Å². The van der Waals surface area contributed by atoms with Crippen molar-refractivity contribution in [3.8, 4) is 0 Å². The second-order valence-corrected chi connectivity index (χ2v) is 8.39. The SMILES string of the molecule is CN(Cc1ccc(Cl)nc1)C(=O)C(Cc1c[nH]c2ccccc12)NC(=O)OCc1ccccc1. The highest BCUT2D eigenvalue weighted by atomic mass is 35.5. The quantitative estimate of drug-likeness (QED) is 0.360. The normalized spacial score (nSPS) is 11.7. The van der Waals surface area contributed by atoms with E-state index in [0.717, 1.165) is 27.6 Å². The first-order valence-electron chi connectivity index (χ1n) is 10.9. The Morgan fingerprint density at radius 3 is 2.59 bits per heavy atom. The third-order valence-corrected chi connectivity index (χ3v) is 5.71. The van der Waals surface area contributed by atoms with Gasteiger partial charge in [0, 0.05) is 43.3 Å². The molecule has 0 saturated heterocycles. The van der Waals surface area contributed by atoms with E-state index >= 15 is 0 Å². The van der Waals surface area contributed by atoms with Crippen LogP contribution in [0, 0.1) is 0 Å². The van der Waals surface area contributed by atoms with E-state index in [1.807, 2.05) is 66.9 Å². The molecule has 0 saturated carbocycles. The van der Waals surface area contributed by atoms with Crippen molar-refractivity contribution >= 4 is 34.5 Å². The summed E-state index contributed by atoms with van der Waals surface area (Å²) in [5.41, 5.74) is 3.59. The predicted octanol–water partition coefficient (Wildman–Crippen LogP) is 4.71. The molecule has 7 nitrogen and oxygen atoms in total. The molecule has 0 aliphatic carbocycles. The number of benzene rings is 2. The molecular formula is C26H25ClN4O3. The van der Waals surface area contributed by atoms with Crippen molar-refractivity contribution in [1.29, 1.82) is 0 Å². The van der Waals surface area contributed by atoms with Crippen LogP contribution in [0.4, 0.5) is 4.79 Å². The molecule has 0 radical (unpaired) electrons. The molecule has 8 heteroatoms. The first-order valence-corrected chi connectivity index (χ1v) is 11.2. The number of para-hydroxylation sites is 1. The number of amides is 2. The van der Waals surface area contributed by atoms with Crippen molar-refractivity contribution in [2.75, 3.05) is 7.05 Å². The molecule has 2 heterocycles. The fraction of sp³-hybridized carbons (Fsp3) is 0.192. The first-order chi connectivity index (χ1) is 16.5. The molecule has 34 heavy (non-hydrogen) atoms. The minimum atomic E-state index is -0.812. The number of H-pyrrole nitrogens is 1. The first kappa shape index (κ1) is 23.3. The topological polar surface area (TPSA) is 87.3 Å². The van der Waals surface area contributed by atoms with E-state index in [-0.39, 0.29) is 12.5 Å². The van der Waals surface area contributed by atoms with Crippen LogP contribution in [0.15, 0.2) is 79.1 Å². The molecule has 2 aromatic heterocycles. The number of hydrogen-bond donors (Lipinski definition) is 2. The lowest BCUT2D eigenvalue weighted by Crippen LogP contribution is -2.48. The molecule has 0 bridgehead atoms. The Morgan fingerprint density at radius 2 is 1.82 bits per heavy atom. The third-order valence-electron chi connectivity index (χ3n) is 5.49. The zero-order valence-electron chi connectivity index (χ0n) is 18.7. The van der Waals surface area contributed by atoms with Crippen molar-refractivity contribution in [2.24, 2.45) is 0 Å². The standard InChI is InChI=1S/C26H25ClN4O3/c1-31(16-19-11-12-24(27)29-14-19)25(32)23(13-20-15-28-22-10-6-5-9-21(20)22)30-26(33)34-17-18-7-3-2-4-8-18/h2-12,14-15,23,28H,13,16-17H2,1H3,(H,30,33). The van der Waals surface area contributed by atoms with E-state index in [0.29, 0.717) is 18.1 Å². The van der Waals surface area contributed by atoms with Gasteiger partial charge in [0.15, 0.2) is 0 Å². The predicted molar refractivity (Wildman–Crippen MR) is 131 cm³/mol. The zero-order valence-corrected chi connectivity index (χ0v) is 19.5. The smallest absolute Gasteiger partial charge is 0.408 e. The van der Waals surface area contributed by atoms with E-state index in [1.165, 1.54) is 0 Å². The Balaban J connectivity index is 1.49. The van der Waals surface area contributed by atoms with Crippen LogP contribution in [-0.4, -0.2) is 40.0 Å². The Morgan fingerprint density at radius 1 is 1.06 bits per heavy atom. The number of nitrogens with one attached hydrogen (secondary N) is 2. The number of ether oxygens (including phenoxy) is 1. The van der Waals surface area contributed by atoms with Crippen molar-refractivity contribution in [3.05, 3.63) is 101 Å². The summed E-state index contributed by atoms with van der Waals surface area (Å²) >= 11 is 5.86. The average Bonchev–Trinajstić information content (AvgIpc) is 3.26. The monoisotopic (exact) mass is 476 g/mol. The summed E-state index contributed by atoms with van der Waals surface area (Å²) in [6.45, 7) is 0.446. The Labute approximate surface area is 202 Å². The average molecular weight is 477 g/mol. The highest BCUT2D eigenvalue weighted by Gasteiger charge is 2.26. The molecule has 2 amide bonds. The van der Waals surface area contributed by atoms with Crippen LogP contribution in [0.1, 0.15) is 16.7 Å². The fourth-order valence-corrected chi connectivity index (χ4v) is 3.86. The van der Waals surface area contributed by atoms with Crippen LogP contribution in [-0.2, 0) is 29.1 Å². The van der Waals surface area contributed by atoms with Gasteiger partial charge >= 0.3 is 6.09 Å². The fourth-order valence-electron chi connectivity index (χ4n) is 3.75. The number of fused-ring (bicyclic) bond motifs is 1. The maximum atomic E-state index is 13.4. The van der Waals surface area contributed by atoms with Crippen LogP contribution >= 0.6 is 11.6 Å². The minimum absolute atomic E-state index is 0.118. The van der Waals surface area contributed by atoms with Crippen molar-refractivity contribution in [1.82, 2.24) is 20.2 Å². The molecule has 0 spiro atoms. The van der Waals surface area contributed by atoms with Crippen molar-refractivity contribution in [3.63, 3.8) is 0 Å². The third kappa shape index (κ3) is 5.94. The summed E-state index contributed by atoms with van der Waals surface area (Å²) in [6, 6.07) is 19.9. The number of rotatable bonds is 8. The molecule has 2 aromatic carbocycles. The zero-order chi connectivity index (χ0) is 23.9. The lowest BCUT2D eigenvalue weighted by Gasteiger charge is -2.24. The number of aromatic amines is 1. The lowest BCUT2D eigenvalue weighted by atomic mass is 10.0. The number of aromatic nitrogens is 2. The van der Waals surface area contributed by atoms with Crippen LogP contribution in [0.2, 0.25) is 5.15 Å². The van der Waals surface area contributed by atoms with E-state index in [2.05, 4.69) is 15.3 Å². The molecule has 174 valence electrons. The number of halogens is 1. The van der Waals surface area contributed by atoms with Crippen molar-refractivity contribution < 1.29 is 14.3 Å². The number of likely N-dealkylation sites (N-methyl/N-ethyl adjacent to an activating group) is 1. The number of alkyl carbamates (subject to hydrolysis) is 1. The maximum absolute atomic E-state index is 13.4. The van der Waals surface area contributed by atoms with Gasteiger partial charge in [-0.3, -0.25) is 4.79 Å². The summed E-state index contributed by atoms with van der Waals surface area (Å²) in [5, 5.41) is 4.15. The van der Waals surface area contributed by atoms with Gasteiger partial charge in [0.05, 0.1) is 0 Å². The molecule has 0 aliphatic rings. The van der Waals surface area contributed by atoms with Crippen molar-refractivity contribution in [2.45, 2.75) is 25.6 Å². The van der Waals surface area contributed by atoms with Gasteiger partial charge in [-0.2, -0.15) is 0 Å². The molecule has 2 N–H and O–H groups in total. The Bertz CT molecular complexity index is 1260. The number of carbonyl (C=O) groups is 2. The summed E-state index contributed by atoms with van der Waals surface area (Å²) < 4.78 is 5.37. The van der Waals surface area contributed by atoms with Gasteiger partial charge in [-0.1, -0.05) is 66.2 Å². The van der Waals surface area contributed by atoms with Crippen LogP contribution in [0.3, 0.4) is 0 Å². The summed E-state index contributed by atoms with van der Waals surface area (Å²) in [7, 11) is 1.69. The molecule has 1 unspecified atom stereocenters. The number of pyridine rings is 1. The minimum Gasteiger partial charge on any atom is -0.445 e. The summed E-state index contributed by atoms with van der Waals surface area (Å²) in [5.74, 6) is -0.239. The lowest BCUT2D eigenvalue weighted by molar-refractivity contribution is -0.132. The van der Waals surface area contributed by atoms with Gasteiger partial charge in [-0.15, -0.1) is 0 Å². The van der Waals surface area contributed by atoms with Crippen LogP contribution < -0.4 is 5.32 Å². The van der Waals surface area contributed by atoms with Gasteiger partial charge in [0.1, 0.15) is 17.8 Å². The molecule has 1 atom stereocenters. The largest absolute Gasteiger partial charge is 0.445 e. The highest BCUT2D eigenvalue weighted by Crippen LogP contribution is 2.20. The summed E-state index contributed by atoms with van der Waals surface area (Å²) in [4.78, 5) is 34.8. The second kappa shape index (κ2) is 10.9. The van der Waals surface area contributed by atoms with E-state index in [4.69, 9.17) is 16.3 Å². The van der Waals surface area contributed by atoms with Gasteiger partial charge in [-0.05, 0) is 28.8 Å². The molecule has 0 fully saturated rings. The molecule has 0 aliphatic heterocycles. The molecule has 4 aromatic rings. The number of carbonyl (C=O) groups excluding carboxylic acids is 2. The molecule has 4 rings (SSSR count). The van der Waals surface area contributed by atoms with Gasteiger partial charge in [0.25, 0.3) is 0 Å². The molecular weight excluding hydrogens is 452 g/mol. The Kier molecular flexibility index (Phi) is 7.44. The van der Waals surface area contributed by atoms with Crippen LogP contribution in [0.25, 0.3) is 10.9 Å². The summed E-state index contributed by atoms with van der Waals surface area (Å²) in [6.07, 6.45) is 3.16. The van der Waals surface area contributed by atoms with Gasteiger partial charge in [0.2, 0.25) is 5.91 Å². The van der Waals surface area contributed by atoms with E-state index in [9.17, 15) is 9.59 Å². The number of nitrogens with zero attached hydrogens (tertiary/aromatic N) is 2. The maximum Gasteiger partial charge on any atom is 0.408 e. The highest BCUT2D eigenvalue weighted by molar-refractivity contribution is 6.29. The van der Waals surface area contributed by atoms with Gasteiger partial charge in [-0.25, -0.2) is 9.78 Å². The Hall–Kier alpha value is -3.84. The van der Waals surface area contributed by atoms with E-state index < -0.39 is 12.1 Å². The van der Waals surface area contributed by atoms with Crippen LogP contribution in [0.5, 0.6) is 0 Å².